The molecule has 2 aromatic rings. The molecule has 0 saturated heterocycles. The molecule has 2 aromatic carbocycles. The molecule has 0 bridgehead atoms. The Morgan fingerprint density at radius 3 is 2.39 bits per heavy atom. The Balaban J connectivity index is 1.93. The quantitative estimate of drug-likeness (QED) is 0.735. The number of rotatable bonds is 2. The van der Waals surface area contributed by atoms with Crippen LogP contribution in [0.4, 0.5) is 4.39 Å². The molecule has 0 unspecified atom stereocenters. The van der Waals surface area contributed by atoms with Gasteiger partial charge >= 0.3 is 0 Å². The lowest BCUT2D eigenvalue weighted by molar-refractivity contribution is 0.251. The number of fused-ring (bicyclic) bond motifs is 1. The molecule has 18 heavy (non-hydrogen) atoms. The Kier molecular flexibility index (Phi) is 2.55. The van der Waals surface area contributed by atoms with Crippen molar-refractivity contribution in [3.63, 3.8) is 0 Å². The van der Waals surface area contributed by atoms with Crippen molar-refractivity contribution in [3.05, 3.63) is 77.9 Å². The van der Waals surface area contributed by atoms with Crippen molar-refractivity contribution in [1.29, 1.82) is 0 Å². The minimum absolute atomic E-state index is 0.404. The van der Waals surface area contributed by atoms with Crippen molar-refractivity contribution < 1.29 is 4.39 Å². The van der Waals surface area contributed by atoms with Crippen LogP contribution in [0.5, 0.6) is 0 Å². The number of halogens is 1. The van der Waals surface area contributed by atoms with E-state index in [0.29, 0.717) is 18.4 Å². The highest BCUT2D eigenvalue weighted by molar-refractivity contribution is 5.78. The van der Waals surface area contributed by atoms with Gasteiger partial charge in [0.15, 0.2) is 0 Å². The van der Waals surface area contributed by atoms with E-state index in [2.05, 4.69) is 6.58 Å². The molecule has 1 aliphatic rings. The standard InChI is InChI=1S/C17H15F/c1-13-16-10-6-5-9-15(16)12-17(13,18)11-14-7-3-2-4-8-14/h2-10H,1,11-12H2/t17-/m0/s1. The molecule has 0 spiro atoms. The van der Waals surface area contributed by atoms with Crippen LogP contribution >= 0.6 is 0 Å². The molecule has 90 valence electrons. The zero-order chi connectivity index (χ0) is 12.6. The van der Waals surface area contributed by atoms with Crippen molar-refractivity contribution in [2.24, 2.45) is 0 Å². The van der Waals surface area contributed by atoms with Gasteiger partial charge in [0.05, 0.1) is 0 Å². The molecule has 0 fully saturated rings. The summed E-state index contributed by atoms with van der Waals surface area (Å²) in [5, 5.41) is 0. The molecule has 0 aliphatic heterocycles. The average Bonchev–Trinajstić information content (AvgIpc) is 2.63. The van der Waals surface area contributed by atoms with Gasteiger partial charge in [-0.25, -0.2) is 4.39 Å². The van der Waals surface area contributed by atoms with Gasteiger partial charge in [0.1, 0.15) is 5.67 Å². The summed E-state index contributed by atoms with van der Waals surface area (Å²) in [5.74, 6) is 0. The smallest absolute Gasteiger partial charge is 0.144 e. The second kappa shape index (κ2) is 4.09. The SMILES string of the molecule is C=C1c2ccccc2C[C@@]1(F)Cc1ccccc1. The summed E-state index contributed by atoms with van der Waals surface area (Å²) in [6, 6.07) is 17.6. The first-order valence-electron chi connectivity index (χ1n) is 6.19. The predicted molar refractivity (Wildman–Crippen MR) is 73.2 cm³/mol. The topological polar surface area (TPSA) is 0 Å². The highest BCUT2D eigenvalue weighted by Crippen LogP contribution is 2.43. The largest absolute Gasteiger partial charge is 0.238 e. The number of alkyl halides is 1. The van der Waals surface area contributed by atoms with Crippen LogP contribution in [0.25, 0.3) is 5.57 Å². The lowest BCUT2D eigenvalue weighted by atomic mass is 9.90. The number of allylic oxidation sites excluding steroid dienone is 1. The van der Waals surface area contributed by atoms with E-state index in [-0.39, 0.29) is 0 Å². The van der Waals surface area contributed by atoms with Gasteiger partial charge in [-0.05, 0) is 22.3 Å². The zero-order valence-corrected chi connectivity index (χ0v) is 10.2. The van der Waals surface area contributed by atoms with Gasteiger partial charge in [-0.1, -0.05) is 61.2 Å². The summed E-state index contributed by atoms with van der Waals surface area (Å²) in [5.41, 5.74) is 2.37. The first kappa shape index (κ1) is 11.2. The molecule has 0 heterocycles. The number of hydrogen-bond donors (Lipinski definition) is 0. The Morgan fingerprint density at radius 2 is 1.67 bits per heavy atom. The van der Waals surface area contributed by atoms with E-state index in [9.17, 15) is 0 Å². The second-order valence-electron chi connectivity index (χ2n) is 4.94. The molecule has 3 rings (SSSR count). The van der Waals surface area contributed by atoms with Gasteiger partial charge in [-0.2, -0.15) is 0 Å². The number of hydrogen-bond acceptors (Lipinski definition) is 0. The maximum absolute atomic E-state index is 15.1. The van der Waals surface area contributed by atoms with Gasteiger partial charge in [0.25, 0.3) is 0 Å². The Labute approximate surface area is 107 Å². The van der Waals surface area contributed by atoms with Gasteiger partial charge in [-0.15, -0.1) is 0 Å². The summed E-state index contributed by atoms with van der Waals surface area (Å²) in [7, 11) is 0. The first-order valence-corrected chi connectivity index (χ1v) is 6.19. The second-order valence-corrected chi connectivity index (χ2v) is 4.94. The molecule has 0 saturated carbocycles. The molecule has 1 aliphatic carbocycles. The fourth-order valence-corrected chi connectivity index (χ4v) is 2.71. The van der Waals surface area contributed by atoms with Crippen LogP contribution in [0.1, 0.15) is 16.7 Å². The lowest BCUT2D eigenvalue weighted by Crippen LogP contribution is -2.25. The molecule has 0 N–H and O–H groups in total. The normalized spacial score (nSPS) is 21.9. The van der Waals surface area contributed by atoms with Crippen LogP contribution < -0.4 is 0 Å². The van der Waals surface area contributed by atoms with Gasteiger partial charge in [-0.3, -0.25) is 0 Å². The molecule has 0 aromatic heterocycles. The summed E-state index contributed by atoms with van der Waals surface area (Å²) in [6.07, 6.45) is 0.845. The monoisotopic (exact) mass is 238 g/mol. The van der Waals surface area contributed by atoms with Crippen LogP contribution in [-0.2, 0) is 12.8 Å². The van der Waals surface area contributed by atoms with E-state index >= 15 is 4.39 Å². The zero-order valence-electron chi connectivity index (χ0n) is 10.2. The Morgan fingerprint density at radius 1 is 1.00 bits per heavy atom. The van der Waals surface area contributed by atoms with Crippen molar-refractivity contribution in [2.45, 2.75) is 18.5 Å². The summed E-state index contributed by atoms with van der Waals surface area (Å²) in [4.78, 5) is 0. The maximum Gasteiger partial charge on any atom is 0.144 e. The van der Waals surface area contributed by atoms with Gasteiger partial charge in [0, 0.05) is 12.8 Å². The maximum atomic E-state index is 15.1. The fraction of sp³-hybridized carbons (Fsp3) is 0.176. The molecule has 1 atom stereocenters. The van der Waals surface area contributed by atoms with Gasteiger partial charge < -0.3 is 0 Å². The van der Waals surface area contributed by atoms with Crippen LogP contribution in [0.2, 0.25) is 0 Å². The third-order valence-electron chi connectivity index (χ3n) is 3.68. The van der Waals surface area contributed by atoms with E-state index in [4.69, 9.17) is 0 Å². The van der Waals surface area contributed by atoms with Crippen molar-refractivity contribution >= 4 is 5.57 Å². The highest BCUT2D eigenvalue weighted by Gasteiger charge is 2.40. The summed E-state index contributed by atoms with van der Waals surface area (Å²) < 4.78 is 15.1. The predicted octanol–water partition coefficient (Wildman–Crippen LogP) is 4.21. The van der Waals surface area contributed by atoms with Gasteiger partial charge in [0.2, 0.25) is 0 Å². The van der Waals surface area contributed by atoms with Crippen LogP contribution in [-0.4, -0.2) is 5.67 Å². The minimum atomic E-state index is -1.33. The fourth-order valence-electron chi connectivity index (χ4n) is 2.71. The van der Waals surface area contributed by atoms with Crippen molar-refractivity contribution in [1.82, 2.24) is 0 Å². The summed E-state index contributed by atoms with van der Waals surface area (Å²) >= 11 is 0. The molecular formula is C17H15F. The van der Waals surface area contributed by atoms with Crippen LogP contribution in [0.3, 0.4) is 0 Å². The first-order chi connectivity index (χ1) is 8.69. The van der Waals surface area contributed by atoms with E-state index in [1.165, 1.54) is 0 Å². The average molecular weight is 238 g/mol. The third-order valence-corrected chi connectivity index (χ3v) is 3.68. The van der Waals surface area contributed by atoms with E-state index in [1.54, 1.807) is 0 Å². The van der Waals surface area contributed by atoms with Crippen LogP contribution in [0.15, 0.2) is 61.2 Å². The molecule has 1 heteroatoms. The third kappa shape index (κ3) is 1.76. The van der Waals surface area contributed by atoms with Crippen LogP contribution in [0, 0.1) is 0 Å². The highest BCUT2D eigenvalue weighted by atomic mass is 19.1. The van der Waals surface area contributed by atoms with E-state index in [0.717, 1.165) is 16.7 Å². The molecule has 0 amide bonds. The summed E-state index contributed by atoms with van der Waals surface area (Å²) in [6.45, 7) is 3.97. The molecule has 0 nitrogen and oxygen atoms in total. The number of benzene rings is 2. The van der Waals surface area contributed by atoms with E-state index < -0.39 is 5.67 Å². The molecular weight excluding hydrogens is 223 g/mol. The Hall–Kier alpha value is -1.89. The lowest BCUT2D eigenvalue weighted by Gasteiger charge is -2.21. The molecule has 0 radical (unpaired) electrons. The van der Waals surface area contributed by atoms with E-state index in [1.807, 2.05) is 54.6 Å². The Bertz CT molecular complexity index is 586. The minimum Gasteiger partial charge on any atom is -0.238 e. The van der Waals surface area contributed by atoms with Crippen molar-refractivity contribution in [2.75, 3.05) is 0 Å². The van der Waals surface area contributed by atoms with Crippen molar-refractivity contribution in [3.8, 4) is 0 Å².